The Bertz CT molecular complexity index is 383. The van der Waals surface area contributed by atoms with E-state index in [4.69, 9.17) is 9.84 Å². The van der Waals surface area contributed by atoms with Crippen LogP contribution < -0.4 is 5.32 Å². The largest absolute Gasteiger partial charge is 0.480 e. The number of ether oxygens (including phenoxy) is 2. The van der Waals surface area contributed by atoms with E-state index in [2.05, 4.69) is 10.1 Å². The zero-order valence-corrected chi connectivity index (χ0v) is 12.1. The second-order valence-electron chi connectivity index (χ2n) is 5.05. The maximum Gasteiger partial charge on any atom is 0.408 e. The van der Waals surface area contributed by atoms with Crippen LogP contribution in [0.3, 0.4) is 0 Å². The fourth-order valence-corrected chi connectivity index (χ4v) is 1.14. The average molecular weight is 287 g/mol. The van der Waals surface area contributed by atoms with E-state index in [0.717, 1.165) is 0 Å². The topological polar surface area (TPSA) is 102 Å². The summed E-state index contributed by atoms with van der Waals surface area (Å²) in [6.07, 6.45) is 2.29. The maximum absolute atomic E-state index is 11.5. The van der Waals surface area contributed by atoms with Gasteiger partial charge in [-0.1, -0.05) is 12.2 Å². The van der Waals surface area contributed by atoms with Gasteiger partial charge in [0.05, 0.1) is 0 Å². The Morgan fingerprint density at radius 3 is 2.30 bits per heavy atom. The van der Waals surface area contributed by atoms with Crippen LogP contribution in [0, 0.1) is 0 Å². The third-order valence-electron chi connectivity index (χ3n) is 1.91. The van der Waals surface area contributed by atoms with Gasteiger partial charge in [-0.05, 0) is 27.2 Å². The lowest BCUT2D eigenvalue weighted by molar-refractivity contribution is -0.140. The molecule has 114 valence electrons. The fraction of sp³-hybridized carbons (Fsp3) is 0.615. The van der Waals surface area contributed by atoms with Crippen LogP contribution in [-0.2, 0) is 19.1 Å². The molecule has 0 aliphatic heterocycles. The Kier molecular flexibility index (Phi) is 7.35. The van der Waals surface area contributed by atoms with Crippen LogP contribution in [0.2, 0.25) is 0 Å². The molecule has 0 radical (unpaired) electrons. The van der Waals surface area contributed by atoms with Gasteiger partial charge in [-0.2, -0.15) is 0 Å². The second-order valence-corrected chi connectivity index (χ2v) is 5.05. The molecule has 20 heavy (non-hydrogen) atoms. The number of carbonyl (C=O) groups is 3. The van der Waals surface area contributed by atoms with Crippen molar-refractivity contribution in [3.63, 3.8) is 0 Å². The van der Waals surface area contributed by atoms with E-state index in [1.165, 1.54) is 19.1 Å². The zero-order chi connectivity index (χ0) is 15.8. The molecule has 0 aromatic heterocycles. The molecule has 0 saturated carbocycles. The number of carboxylic acid groups (broad SMARTS) is 1. The van der Waals surface area contributed by atoms with Crippen molar-refractivity contribution in [1.29, 1.82) is 0 Å². The van der Waals surface area contributed by atoms with Gasteiger partial charge >= 0.3 is 18.0 Å². The smallest absolute Gasteiger partial charge is 0.408 e. The first-order chi connectivity index (χ1) is 9.11. The van der Waals surface area contributed by atoms with Crippen LogP contribution in [-0.4, -0.2) is 41.4 Å². The van der Waals surface area contributed by atoms with E-state index >= 15 is 0 Å². The Labute approximate surface area is 117 Å². The van der Waals surface area contributed by atoms with E-state index in [-0.39, 0.29) is 13.0 Å². The zero-order valence-electron chi connectivity index (χ0n) is 12.1. The van der Waals surface area contributed by atoms with Crippen LogP contribution in [0.4, 0.5) is 4.79 Å². The third-order valence-corrected chi connectivity index (χ3v) is 1.91. The first kappa shape index (κ1) is 17.9. The molecule has 0 saturated heterocycles. The summed E-state index contributed by atoms with van der Waals surface area (Å²) in [5.74, 6) is -1.59. The molecule has 0 fully saturated rings. The molecule has 0 rings (SSSR count). The Morgan fingerprint density at radius 2 is 1.85 bits per heavy atom. The van der Waals surface area contributed by atoms with Gasteiger partial charge < -0.3 is 19.9 Å². The summed E-state index contributed by atoms with van der Waals surface area (Å²) in [7, 11) is 0. The molecular formula is C13H21NO6. The molecule has 0 aromatic rings. The lowest BCUT2D eigenvalue weighted by atomic mass is 10.2. The Morgan fingerprint density at radius 1 is 1.25 bits per heavy atom. The van der Waals surface area contributed by atoms with Gasteiger partial charge in [0.25, 0.3) is 0 Å². The molecule has 0 spiro atoms. The van der Waals surface area contributed by atoms with Crippen LogP contribution in [0.5, 0.6) is 0 Å². The molecule has 7 nitrogen and oxygen atoms in total. The lowest BCUT2D eigenvalue weighted by Gasteiger charge is -2.21. The van der Waals surface area contributed by atoms with E-state index in [1.807, 2.05) is 0 Å². The standard InChI is InChI=1S/C13H21NO6/c1-9(15)19-8-6-5-7-10(11(16)17)14-12(18)20-13(2,3)4/h5-6,10H,7-8H2,1-4H3,(H,14,18)(H,16,17)/b6-5-/t10-/m0/s1. The van der Waals surface area contributed by atoms with Crippen molar-refractivity contribution in [2.24, 2.45) is 0 Å². The summed E-state index contributed by atoms with van der Waals surface area (Å²) in [6.45, 7) is 6.39. The summed E-state index contributed by atoms with van der Waals surface area (Å²) in [4.78, 5) is 32.9. The SMILES string of the molecule is CC(=O)OC/C=C\C[C@H](NC(=O)OC(C)(C)C)C(=O)O. The number of carboxylic acids is 1. The van der Waals surface area contributed by atoms with Gasteiger partial charge in [0, 0.05) is 6.92 Å². The average Bonchev–Trinajstić information content (AvgIpc) is 2.23. The summed E-state index contributed by atoms with van der Waals surface area (Å²) >= 11 is 0. The van der Waals surface area contributed by atoms with E-state index in [0.29, 0.717) is 0 Å². The minimum absolute atomic E-state index is 0.0636. The number of alkyl carbamates (subject to hydrolysis) is 1. The summed E-state index contributed by atoms with van der Waals surface area (Å²) in [6, 6.07) is -1.10. The van der Waals surface area contributed by atoms with Gasteiger partial charge in [0.15, 0.2) is 0 Å². The van der Waals surface area contributed by atoms with Crippen molar-refractivity contribution in [2.75, 3.05) is 6.61 Å². The number of rotatable bonds is 6. The molecule has 2 N–H and O–H groups in total. The molecular weight excluding hydrogens is 266 g/mol. The molecule has 1 atom stereocenters. The third kappa shape index (κ3) is 9.93. The van der Waals surface area contributed by atoms with Crippen molar-refractivity contribution in [3.05, 3.63) is 12.2 Å². The van der Waals surface area contributed by atoms with Gasteiger partial charge in [0.1, 0.15) is 18.2 Å². The predicted molar refractivity (Wildman–Crippen MR) is 71.2 cm³/mol. The first-order valence-electron chi connectivity index (χ1n) is 6.12. The minimum Gasteiger partial charge on any atom is -0.480 e. The normalized spacial score (nSPS) is 12.8. The number of aliphatic carboxylic acids is 1. The molecule has 0 aliphatic carbocycles. The maximum atomic E-state index is 11.5. The number of hydrogen-bond donors (Lipinski definition) is 2. The van der Waals surface area contributed by atoms with Gasteiger partial charge in [-0.25, -0.2) is 9.59 Å². The number of carbonyl (C=O) groups excluding carboxylic acids is 2. The lowest BCUT2D eigenvalue weighted by Crippen LogP contribution is -2.43. The van der Waals surface area contributed by atoms with Crippen LogP contribution in [0.1, 0.15) is 34.1 Å². The molecule has 0 bridgehead atoms. The van der Waals surface area contributed by atoms with Crippen LogP contribution in [0.15, 0.2) is 12.2 Å². The van der Waals surface area contributed by atoms with Crippen LogP contribution >= 0.6 is 0 Å². The number of hydrogen-bond acceptors (Lipinski definition) is 5. The second kappa shape index (κ2) is 8.19. The van der Waals surface area contributed by atoms with Crippen molar-refractivity contribution in [1.82, 2.24) is 5.32 Å². The molecule has 0 unspecified atom stereocenters. The van der Waals surface area contributed by atoms with Crippen molar-refractivity contribution in [2.45, 2.75) is 45.8 Å². The van der Waals surface area contributed by atoms with Gasteiger partial charge in [0.2, 0.25) is 0 Å². The van der Waals surface area contributed by atoms with Crippen LogP contribution in [0.25, 0.3) is 0 Å². The minimum atomic E-state index is -1.17. The summed E-state index contributed by atoms with van der Waals surface area (Å²) < 4.78 is 9.62. The first-order valence-corrected chi connectivity index (χ1v) is 6.12. The number of amides is 1. The highest BCUT2D eigenvalue weighted by Crippen LogP contribution is 2.07. The summed E-state index contributed by atoms with van der Waals surface area (Å²) in [5.41, 5.74) is -0.696. The van der Waals surface area contributed by atoms with Crippen molar-refractivity contribution in [3.8, 4) is 0 Å². The van der Waals surface area contributed by atoms with E-state index in [1.54, 1.807) is 20.8 Å². The van der Waals surface area contributed by atoms with E-state index < -0.39 is 29.7 Å². The predicted octanol–water partition coefficient (Wildman–Crippen LogP) is 1.47. The molecule has 0 aliphatic rings. The summed E-state index contributed by atoms with van der Waals surface area (Å²) in [5, 5.41) is 11.2. The highest BCUT2D eigenvalue weighted by atomic mass is 16.6. The molecule has 0 heterocycles. The fourth-order valence-electron chi connectivity index (χ4n) is 1.14. The van der Waals surface area contributed by atoms with Crippen molar-refractivity contribution >= 4 is 18.0 Å². The quantitative estimate of drug-likeness (QED) is 0.566. The highest BCUT2D eigenvalue weighted by molar-refractivity contribution is 5.80. The molecule has 7 heteroatoms. The van der Waals surface area contributed by atoms with Gasteiger partial charge in [-0.3, -0.25) is 4.79 Å². The highest BCUT2D eigenvalue weighted by Gasteiger charge is 2.22. The number of esters is 1. The van der Waals surface area contributed by atoms with Crippen molar-refractivity contribution < 1.29 is 29.0 Å². The molecule has 0 aromatic carbocycles. The number of nitrogens with one attached hydrogen (secondary N) is 1. The molecule has 1 amide bonds. The van der Waals surface area contributed by atoms with E-state index in [9.17, 15) is 14.4 Å². The van der Waals surface area contributed by atoms with Gasteiger partial charge in [-0.15, -0.1) is 0 Å². The Balaban J connectivity index is 4.27. The Hall–Kier alpha value is -2.05. The monoisotopic (exact) mass is 287 g/mol.